The Balaban J connectivity index is 2.20. The summed E-state index contributed by atoms with van der Waals surface area (Å²) in [5, 5.41) is 3.24. The van der Waals surface area contributed by atoms with Gasteiger partial charge < -0.3 is 10.5 Å². The Labute approximate surface area is 117 Å². The highest BCUT2D eigenvalue weighted by Crippen LogP contribution is 2.29. The van der Waals surface area contributed by atoms with Crippen LogP contribution >= 0.6 is 11.3 Å². The van der Waals surface area contributed by atoms with E-state index in [1.165, 1.54) is 5.01 Å². The van der Waals surface area contributed by atoms with Gasteiger partial charge in [-0.1, -0.05) is 19.6 Å². The molecule has 0 spiro atoms. The summed E-state index contributed by atoms with van der Waals surface area (Å²) in [5.41, 5.74) is 8.62. The molecule has 0 radical (unpaired) electrons. The number of nitrogens with zero attached hydrogens (tertiary/aromatic N) is 1. The minimum Gasteiger partial charge on any atom is -0.487 e. The lowest BCUT2D eigenvalue weighted by molar-refractivity contribution is 0.365. The van der Waals surface area contributed by atoms with E-state index in [2.05, 4.69) is 23.9 Å². The average Bonchev–Trinajstić information content (AvgIpc) is 2.86. The van der Waals surface area contributed by atoms with Crippen molar-refractivity contribution in [2.24, 2.45) is 0 Å². The monoisotopic (exact) mass is 274 g/mol. The summed E-state index contributed by atoms with van der Waals surface area (Å²) < 4.78 is 5.46. The second-order valence-electron chi connectivity index (χ2n) is 4.23. The van der Waals surface area contributed by atoms with Crippen molar-refractivity contribution in [3.05, 3.63) is 41.2 Å². The Morgan fingerprint density at radius 3 is 3.00 bits per heavy atom. The number of thiazole rings is 1. The number of benzene rings is 1. The fourth-order valence-corrected chi connectivity index (χ4v) is 2.67. The Kier molecular flexibility index (Phi) is 4.58. The van der Waals surface area contributed by atoms with Crippen LogP contribution in [0.25, 0.3) is 11.3 Å². The van der Waals surface area contributed by atoms with Crippen molar-refractivity contribution in [2.45, 2.75) is 19.8 Å². The lowest BCUT2D eigenvalue weighted by Crippen LogP contribution is -1.97. The van der Waals surface area contributed by atoms with Crippen LogP contribution in [0.5, 0.6) is 5.75 Å². The van der Waals surface area contributed by atoms with Crippen molar-refractivity contribution in [3.63, 3.8) is 0 Å². The molecule has 1 heterocycles. The average molecular weight is 274 g/mol. The molecule has 0 unspecified atom stereocenters. The summed E-state index contributed by atoms with van der Waals surface area (Å²) in [6.45, 7) is 6.23. The second-order valence-corrected chi connectivity index (χ2v) is 5.17. The van der Waals surface area contributed by atoms with E-state index >= 15 is 0 Å². The van der Waals surface area contributed by atoms with Crippen LogP contribution in [0.15, 0.2) is 36.2 Å². The maximum Gasteiger partial charge on any atom is 0.142 e. The van der Waals surface area contributed by atoms with E-state index in [-0.39, 0.29) is 0 Å². The van der Waals surface area contributed by atoms with Gasteiger partial charge in [-0.05, 0) is 31.0 Å². The van der Waals surface area contributed by atoms with Crippen LogP contribution < -0.4 is 10.5 Å². The SMILES string of the molecule is C=CCOc1ccc(-c2csc(CCC)n2)cc1N. The number of hydrogen-bond acceptors (Lipinski definition) is 4. The number of anilines is 1. The van der Waals surface area contributed by atoms with Gasteiger partial charge in [-0.15, -0.1) is 11.3 Å². The molecule has 1 aromatic heterocycles. The predicted octanol–water partition coefficient (Wildman–Crippen LogP) is 3.91. The molecule has 4 heteroatoms. The van der Waals surface area contributed by atoms with Gasteiger partial charge in [-0.2, -0.15) is 0 Å². The standard InChI is InChI=1S/C15H18N2OS/c1-3-5-15-17-13(10-19-15)11-6-7-14(12(16)9-11)18-8-4-2/h4,6-7,9-10H,2-3,5,8,16H2,1H3. The third-order valence-electron chi connectivity index (χ3n) is 2.68. The minimum absolute atomic E-state index is 0.459. The van der Waals surface area contributed by atoms with Crippen molar-refractivity contribution in [1.82, 2.24) is 4.98 Å². The maximum absolute atomic E-state index is 5.98. The third kappa shape index (κ3) is 3.35. The fourth-order valence-electron chi connectivity index (χ4n) is 1.76. The van der Waals surface area contributed by atoms with Gasteiger partial charge in [0.25, 0.3) is 0 Å². The highest BCUT2D eigenvalue weighted by molar-refractivity contribution is 7.09. The first-order valence-corrected chi connectivity index (χ1v) is 7.20. The molecule has 19 heavy (non-hydrogen) atoms. The number of aryl methyl sites for hydroxylation is 1. The van der Waals surface area contributed by atoms with E-state index in [1.54, 1.807) is 17.4 Å². The van der Waals surface area contributed by atoms with Crippen LogP contribution in [0.1, 0.15) is 18.4 Å². The Morgan fingerprint density at radius 2 is 2.32 bits per heavy atom. The quantitative estimate of drug-likeness (QED) is 0.641. The highest BCUT2D eigenvalue weighted by Gasteiger charge is 2.07. The van der Waals surface area contributed by atoms with Gasteiger partial charge in [0.05, 0.1) is 16.4 Å². The zero-order valence-electron chi connectivity index (χ0n) is 11.1. The van der Waals surface area contributed by atoms with E-state index in [9.17, 15) is 0 Å². The smallest absolute Gasteiger partial charge is 0.142 e. The van der Waals surface area contributed by atoms with Gasteiger partial charge in [0.2, 0.25) is 0 Å². The van der Waals surface area contributed by atoms with Crippen LogP contribution in [0.2, 0.25) is 0 Å². The molecular weight excluding hydrogens is 256 g/mol. The number of nitrogen functional groups attached to an aromatic ring is 1. The molecule has 0 saturated carbocycles. The van der Waals surface area contributed by atoms with Gasteiger partial charge in [0.15, 0.2) is 0 Å². The summed E-state index contributed by atoms with van der Waals surface area (Å²) in [6.07, 6.45) is 3.84. The Hall–Kier alpha value is -1.81. The first-order valence-electron chi connectivity index (χ1n) is 6.32. The van der Waals surface area contributed by atoms with Gasteiger partial charge in [-0.25, -0.2) is 4.98 Å². The molecule has 0 aliphatic carbocycles. The van der Waals surface area contributed by atoms with Crippen molar-refractivity contribution >= 4 is 17.0 Å². The van der Waals surface area contributed by atoms with Crippen molar-refractivity contribution < 1.29 is 4.74 Å². The predicted molar refractivity (Wildman–Crippen MR) is 81.6 cm³/mol. The molecule has 0 fully saturated rings. The summed E-state index contributed by atoms with van der Waals surface area (Å²) >= 11 is 1.70. The Morgan fingerprint density at radius 1 is 1.47 bits per heavy atom. The lowest BCUT2D eigenvalue weighted by atomic mass is 10.1. The highest BCUT2D eigenvalue weighted by atomic mass is 32.1. The molecule has 0 saturated heterocycles. The molecule has 2 rings (SSSR count). The van der Waals surface area contributed by atoms with E-state index in [1.807, 2.05) is 18.2 Å². The topological polar surface area (TPSA) is 48.1 Å². The molecule has 100 valence electrons. The van der Waals surface area contributed by atoms with Gasteiger partial charge >= 0.3 is 0 Å². The normalized spacial score (nSPS) is 10.4. The summed E-state index contributed by atoms with van der Waals surface area (Å²) in [7, 11) is 0. The fraction of sp³-hybridized carbons (Fsp3) is 0.267. The van der Waals surface area contributed by atoms with Crippen LogP contribution in [-0.2, 0) is 6.42 Å². The molecule has 0 aliphatic rings. The summed E-state index contributed by atoms with van der Waals surface area (Å²) in [6, 6.07) is 5.77. The number of nitrogens with two attached hydrogens (primary N) is 1. The minimum atomic E-state index is 0.459. The van der Waals surface area contributed by atoms with Gasteiger partial charge in [0, 0.05) is 10.9 Å². The molecule has 0 aliphatic heterocycles. The van der Waals surface area contributed by atoms with Gasteiger partial charge in [-0.3, -0.25) is 0 Å². The van der Waals surface area contributed by atoms with Crippen LogP contribution in [0.4, 0.5) is 5.69 Å². The van der Waals surface area contributed by atoms with E-state index < -0.39 is 0 Å². The first kappa shape index (κ1) is 13.6. The molecule has 2 aromatic rings. The van der Waals surface area contributed by atoms with Crippen LogP contribution in [-0.4, -0.2) is 11.6 Å². The first-order chi connectivity index (χ1) is 9.24. The van der Waals surface area contributed by atoms with E-state index in [4.69, 9.17) is 10.5 Å². The molecule has 3 nitrogen and oxygen atoms in total. The second kappa shape index (κ2) is 6.38. The number of aromatic nitrogens is 1. The van der Waals surface area contributed by atoms with Crippen molar-refractivity contribution in [2.75, 3.05) is 12.3 Å². The summed E-state index contributed by atoms with van der Waals surface area (Å²) in [5.74, 6) is 0.688. The number of rotatable bonds is 6. The molecular formula is C15H18N2OS. The maximum atomic E-state index is 5.98. The third-order valence-corrected chi connectivity index (χ3v) is 3.59. The van der Waals surface area contributed by atoms with E-state index in [0.29, 0.717) is 18.0 Å². The molecule has 1 aromatic carbocycles. The van der Waals surface area contributed by atoms with Crippen molar-refractivity contribution in [1.29, 1.82) is 0 Å². The Bertz CT molecular complexity index is 563. The molecule has 0 amide bonds. The molecule has 2 N–H and O–H groups in total. The largest absolute Gasteiger partial charge is 0.487 e. The van der Waals surface area contributed by atoms with Crippen molar-refractivity contribution in [3.8, 4) is 17.0 Å². The zero-order valence-corrected chi connectivity index (χ0v) is 11.9. The lowest BCUT2D eigenvalue weighted by Gasteiger charge is -2.07. The van der Waals surface area contributed by atoms with Gasteiger partial charge in [0.1, 0.15) is 12.4 Å². The molecule has 0 bridgehead atoms. The summed E-state index contributed by atoms with van der Waals surface area (Å²) in [4.78, 5) is 4.61. The van der Waals surface area contributed by atoms with Crippen LogP contribution in [0, 0.1) is 0 Å². The zero-order chi connectivity index (χ0) is 13.7. The van der Waals surface area contributed by atoms with E-state index in [0.717, 1.165) is 24.1 Å². The van der Waals surface area contributed by atoms with Crippen LogP contribution in [0.3, 0.4) is 0 Å². The number of ether oxygens (including phenoxy) is 1. The molecule has 0 atom stereocenters. The number of hydrogen-bond donors (Lipinski definition) is 1.